The number of ether oxygens (including phenoxy) is 2. The van der Waals surface area contributed by atoms with E-state index in [1.807, 2.05) is 14.2 Å². The Hall–Kier alpha value is -0.860. The summed E-state index contributed by atoms with van der Waals surface area (Å²) in [6, 6.07) is 11.2. The number of hydrogen-bond acceptors (Lipinski definition) is 2. The van der Waals surface area contributed by atoms with Gasteiger partial charge in [-0.3, -0.25) is 0 Å². The minimum atomic E-state index is -0.310. The molecule has 2 heteroatoms. The highest BCUT2D eigenvalue weighted by atomic mass is 16.7. The first-order valence-corrected chi connectivity index (χ1v) is 7.88. The van der Waals surface area contributed by atoms with E-state index in [1.54, 1.807) is 5.56 Å². The van der Waals surface area contributed by atoms with Crippen LogP contribution in [0.1, 0.15) is 37.7 Å². The van der Waals surface area contributed by atoms with Gasteiger partial charge in [0.05, 0.1) is 0 Å². The Kier molecular flexibility index (Phi) is 2.77. The molecule has 0 heterocycles. The molecule has 1 aromatic carbocycles. The summed E-state index contributed by atoms with van der Waals surface area (Å²) < 4.78 is 11.8. The van der Waals surface area contributed by atoms with E-state index in [9.17, 15) is 0 Å². The highest BCUT2D eigenvalue weighted by molar-refractivity contribution is 5.30. The maximum absolute atomic E-state index is 5.92. The van der Waals surface area contributed by atoms with Crippen molar-refractivity contribution in [2.75, 3.05) is 14.2 Å². The quantitative estimate of drug-likeness (QED) is 0.780. The van der Waals surface area contributed by atoms with E-state index in [0.29, 0.717) is 17.3 Å². The van der Waals surface area contributed by atoms with Crippen LogP contribution in [-0.2, 0) is 14.9 Å². The molecular weight excluding hydrogens is 248 g/mol. The fourth-order valence-corrected chi connectivity index (χ4v) is 5.82. The first kappa shape index (κ1) is 12.8. The molecule has 5 rings (SSSR count). The van der Waals surface area contributed by atoms with Crippen LogP contribution in [0.2, 0.25) is 0 Å². The molecule has 4 aliphatic carbocycles. The van der Waals surface area contributed by atoms with Crippen LogP contribution in [0.3, 0.4) is 0 Å². The second-order valence-corrected chi connectivity index (χ2v) is 7.12. The van der Waals surface area contributed by atoms with Gasteiger partial charge in [0.1, 0.15) is 0 Å². The zero-order chi connectivity index (χ0) is 13.8. The van der Waals surface area contributed by atoms with E-state index in [2.05, 4.69) is 30.3 Å². The van der Waals surface area contributed by atoms with Crippen LogP contribution in [0.4, 0.5) is 0 Å². The third-order valence-electron chi connectivity index (χ3n) is 6.35. The van der Waals surface area contributed by atoms with Gasteiger partial charge in [-0.25, -0.2) is 0 Å². The second kappa shape index (κ2) is 4.32. The van der Waals surface area contributed by atoms with Gasteiger partial charge in [0.25, 0.3) is 0 Å². The van der Waals surface area contributed by atoms with Gasteiger partial charge in [-0.05, 0) is 49.0 Å². The van der Waals surface area contributed by atoms with Gasteiger partial charge in [-0.2, -0.15) is 0 Å². The van der Waals surface area contributed by atoms with Crippen molar-refractivity contribution in [2.24, 2.45) is 17.8 Å². The van der Waals surface area contributed by atoms with E-state index in [1.165, 1.54) is 32.1 Å². The van der Waals surface area contributed by atoms with E-state index in [-0.39, 0.29) is 5.79 Å². The van der Waals surface area contributed by atoms with Crippen LogP contribution in [-0.4, -0.2) is 20.0 Å². The molecule has 0 amide bonds. The molecule has 20 heavy (non-hydrogen) atoms. The first-order valence-electron chi connectivity index (χ1n) is 7.88. The number of hydrogen-bond donors (Lipinski definition) is 0. The van der Waals surface area contributed by atoms with Crippen molar-refractivity contribution in [3.05, 3.63) is 35.9 Å². The summed E-state index contributed by atoms with van der Waals surface area (Å²) in [7, 11) is 3.67. The minimum Gasteiger partial charge on any atom is -0.353 e. The molecule has 0 spiro atoms. The molecule has 4 saturated carbocycles. The van der Waals surface area contributed by atoms with Gasteiger partial charge in [-0.15, -0.1) is 0 Å². The lowest BCUT2D eigenvalue weighted by atomic mass is 9.46. The largest absolute Gasteiger partial charge is 0.353 e. The molecule has 2 nitrogen and oxygen atoms in total. The highest BCUT2D eigenvalue weighted by Crippen LogP contribution is 2.65. The van der Waals surface area contributed by atoms with Gasteiger partial charge in [0.15, 0.2) is 5.79 Å². The summed E-state index contributed by atoms with van der Waals surface area (Å²) >= 11 is 0. The van der Waals surface area contributed by atoms with Gasteiger partial charge in [0.2, 0.25) is 0 Å². The molecule has 0 aromatic heterocycles. The van der Waals surface area contributed by atoms with Gasteiger partial charge < -0.3 is 9.47 Å². The van der Waals surface area contributed by atoms with E-state index in [0.717, 1.165) is 5.92 Å². The van der Waals surface area contributed by atoms with Crippen molar-refractivity contribution in [3.8, 4) is 0 Å². The van der Waals surface area contributed by atoms with Gasteiger partial charge in [0, 0.05) is 26.1 Å². The number of methoxy groups -OCH3 is 2. The maximum Gasteiger partial charge on any atom is 0.173 e. The summed E-state index contributed by atoms with van der Waals surface area (Å²) in [6.45, 7) is 0. The van der Waals surface area contributed by atoms with Crippen molar-refractivity contribution in [1.29, 1.82) is 0 Å². The van der Waals surface area contributed by atoms with Crippen molar-refractivity contribution >= 4 is 0 Å². The third-order valence-corrected chi connectivity index (χ3v) is 6.35. The van der Waals surface area contributed by atoms with Crippen LogP contribution in [0.5, 0.6) is 0 Å². The summed E-state index contributed by atoms with van der Waals surface area (Å²) in [4.78, 5) is 0. The molecule has 0 radical (unpaired) electrons. The van der Waals surface area contributed by atoms with Crippen molar-refractivity contribution in [2.45, 2.75) is 43.3 Å². The van der Waals surface area contributed by atoms with Crippen molar-refractivity contribution in [1.82, 2.24) is 0 Å². The summed E-state index contributed by atoms with van der Waals surface area (Å²) in [6.07, 6.45) is 6.39. The van der Waals surface area contributed by atoms with E-state index < -0.39 is 0 Å². The molecule has 0 N–H and O–H groups in total. The standard InChI is InChI=1S/C18H24O2/c1-19-18(20-2)15-8-13-9-16(18)12-17(10-13,11-15)14-6-4-3-5-7-14/h3-7,13,15-16H,8-12H2,1-2H3/t13?,15-,16+,17?. The fraction of sp³-hybridized carbons (Fsp3) is 0.667. The number of benzene rings is 1. The molecule has 0 saturated heterocycles. The van der Waals surface area contributed by atoms with E-state index >= 15 is 0 Å². The Labute approximate surface area is 121 Å². The maximum atomic E-state index is 5.92. The zero-order valence-electron chi connectivity index (χ0n) is 12.5. The monoisotopic (exact) mass is 272 g/mol. The predicted molar refractivity (Wildman–Crippen MR) is 78.4 cm³/mol. The molecule has 0 aliphatic heterocycles. The Morgan fingerprint density at radius 1 is 0.900 bits per heavy atom. The molecule has 4 bridgehead atoms. The Bertz CT molecular complexity index is 473. The molecule has 4 atom stereocenters. The van der Waals surface area contributed by atoms with Crippen LogP contribution >= 0.6 is 0 Å². The Balaban J connectivity index is 1.75. The molecule has 4 fully saturated rings. The topological polar surface area (TPSA) is 18.5 Å². The van der Waals surface area contributed by atoms with Crippen molar-refractivity contribution < 1.29 is 9.47 Å². The van der Waals surface area contributed by atoms with Gasteiger partial charge in [-0.1, -0.05) is 30.3 Å². The minimum absolute atomic E-state index is 0.310. The smallest absolute Gasteiger partial charge is 0.173 e. The molecule has 4 aliphatic rings. The molecular formula is C18H24O2. The second-order valence-electron chi connectivity index (χ2n) is 7.12. The summed E-state index contributed by atoms with van der Waals surface area (Å²) in [5, 5.41) is 0. The first-order chi connectivity index (χ1) is 9.72. The third kappa shape index (κ3) is 1.52. The average molecular weight is 272 g/mol. The SMILES string of the molecule is COC1(OC)[C@@H]2CC3C[C@H]1CC(c1ccccc1)(C3)C2. The van der Waals surface area contributed by atoms with Crippen LogP contribution in [0, 0.1) is 17.8 Å². The predicted octanol–water partition coefficient (Wildman–Crippen LogP) is 3.75. The lowest BCUT2D eigenvalue weighted by molar-refractivity contribution is -0.322. The molecule has 108 valence electrons. The summed E-state index contributed by atoms with van der Waals surface area (Å²) in [5.74, 6) is 1.67. The Morgan fingerprint density at radius 3 is 2.05 bits per heavy atom. The molecule has 1 aromatic rings. The lowest BCUT2D eigenvalue weighted by Gasteiger charge is -2.64. The highest BCUT2D eigenvalue weighted by Gasteiger charge is 2.63. The lowest BCUT2D eigenvalue weighted by Crippen LogP contribution is -2.63. The fourth-order valence-electron chi connectivity index (χ4n) is 5.82. The normalized spacial score (nSPS) is 41.0. The average Bonchev–Trinajstić information content (AvgIpc) is 2.49. The van der Waals surface area contributed by atoms with Crippen LogP contribution in [0.15, 0.2) is 30.3 Å². The van der Waals surface area contributed by atoms with Crippen LogP contribution < -0.4 is 0 Å². The summed E-state index contributed by atoms with van der Waals surface area (Å²) in [5.41, 5.74) is 1.93. The van der Waals surface area contributed by atoms with Crippen molar-refractivity contribution in [3.63, 3.8) is 0 Å². The number of rotatable bonds is 3. The molecule has 2 unspecified atom stereocenters. The Morgan fingerprint density at radius 2 is 1.50 bits per heavy atom. The zero-order valence-corrected chi connectivity index (χ0v) is 12.5. The van der Waals surface area contributed by atoms with Gasteiger partial charge >= 0.3 is 0 Å². The van der Waals surface area contributed by atoms with E-state index in [4.69, 9.17) is 9.47 Å². The van der Waals surface area contributed by atoms with Crippen LogP contribution in [0.25, 0.3) is 0 Å².